The van der Waals surface area contributed by atoms with Crippen molar-refractivity contribution in [3.63, 3.8) is 0 Å². The first kappa shape index (κ1) is 15.7. The van der Waals surface area contributed by atoms with E-state index in [1.807, 2.05) is 36.5 Å². The van der Waals surface area contributed by atoms with Crippen LogP contribution in [-0.4, -0.2) is 9.97 Å². The smallest absolute Gasteiger partial charge is 0.346 e. The molecule has 0 unspecified atom stereocenters. The summed E-state index contributed by atoms with van der Waals surface area (Å²) in [5.74, 6) is 1.45. The Labute approximate surface area is 155 Å². The van der Waals surface area contributed by atoms with E-state index in [1.165, 1.54) is 29.7 Å². The largest absolute Gasteiger partial charge is 0.417 e. The van der Waals surface area contributed by atoms with Gasteiger partial charge in [-0.1, -0.05) is 36.0 Å². The first-order chi connectivity index (χ1) is 12.8. The van der Waals surface area contributed by atoms with E-state index in [2.05, 4.69) is 27.1 Å². The number of aromatic nitrogens is 3. The summed E-state index contributed by atoms with van der Waals surface area (Å²) >= 11 is 1.85. The lowest BCUT2D eigenvalue weighted by Gasteiger charge is -2.07. The molecule has 0 atom stereocenters. The lowest BCUT2D eigenvalue weighted by Crippen LogP contribution is -2.04. The van der Waals surface area contributed by atoms with Crippen molar-refractivity contribution in [1.82, 2.24) is 9.97 Å². The number of hydrogen-bond donors (Lipinski definition) is 0. The monoisotopic (exact) mass is 362 g/mol. The molecule has 3 aromatic heterocycles. The van der Waals surface area contributed by atoms with Crippen LogP contribution in [0.4, 0.5) is 0 Å². The number of fused-ring (bicyclic) bond motifs is 4. The summed E-state index contributed by atoms with van der Waals surface area (Å²) in [5.41, 5.74) is 3.29. The Hall–Kier alpha value is -2.53. The zero-order valence-electron chi connectivity index (χ0n) is 14.7. The van der Waals surface area contributed by atoms with Crippen LogP contribution >= 0.6 is 11.3 Å². The minimum absolute atomic E-state index is 0.689. The lowest BCUT2D eigenvalue weighted by molar-refractivity contribution is -0.346. The van der Waals surface area contributed by atoms with Gasteiger partial charge in [-0.2, -0.15) is 0 Å². The third-order valence-electron chi connectivity index (χ3n) is 5.04. The summed E-state index contributed by atoms with van der Waals surface area (Å²) in [6.07, 6.45) is 7.82. The number of thiophene rings is 1. The van der Waals surface area contributed by atoms with E-state index >= 15 is 0 Å². The Morgan fingerprint density at radius 3 is 2.96 bits per heavy atom. The van der Waals surface area contributed by atoms with E-state index in [0.29, 0.717) is 5.88 Å². The minimum Gasteiger partial charge on any atom is -0.417 e. The van der Waals surface area contributed by atoms with Crippen molar-refractivity contribution < 1.29 is 9.72 Å². The molecule has 0 bridgehead atoms. The van der Waals surface area contributed by atoms with Gasteiger partial charge in [0.2, 0.25) is 0 Å². The molecule has 1 N–H and O–H groups in total. The quantitative estimate of drug-likeness (QED) is 0.470. The van der Waals surface area contributed by atoms with Gasteiger partial charge in [0.25, 0.3) is 6.33 Å². The van der Waals surface area contributed by atoms with Gasteiger partial charge in [0, 0.05) is 16.0 Å². The molecule has 0 spiro atoms. The molecule has 3 heterocycles. The van der Waals surface area contributed by atoms with Crippen molar-refractivity contribution in [2.24, 2.45) is 0 Å². The number of benzene rings is 1. The molecule has 0 radical (unpaired) electrons. The summed E-state index contributed by atoms with van der Waals surface area (Å²) < 4.78 is 6.34. The van der Waals surface area contributed by atoms with E-state index in [4.69, 9.17) is 4.74 Å². The number of nitrogens with zero attached hydrogens (tertiary/aromatic N) is 2. The van der Waals surface area contributed by atoms with Crippen LogP contribution in [0.1, 0.15) is 35.4 Å². The highest BCUT2D eigenvalue weighted by atomic mass is 32.1. The van der Waals surface area contributed by atoms with Crippen LogP contribution in [0, 0.1) is 6.92 Å². The van der Waals surface area contributed by atoms with Gasteiger partial charge in [-0.25, -0.2) is 9.97 Å². The summed E-state index contributed by atoms with van der Waals surface area (Å²) in [6.45, 7) is 2.00. The van der Waals surface area contributed by atoms with Gasteiger partial charge >= 0.3 is 5.88 Å². The third-order valence-corrected chi connectivity index (χ3v) is 6.26. The summed E-state index contributed by atoms with van der Waals surface area (Å²) in [6, 6.07) is 10.2. The van der Waals surface area contributed by atoms with E-state index in [9.17, 15) is 0 Å². The molecule has 26 heavy (non-hydrogen) atoms. The minimum atomic E-state index is 0.689. The number of nitrogens with one attached hydrogen (secondary N) is 1. The van der Waals surface area contributed by atoms with Crippen LogP contribution in [0.25, 0.3) is 21.1 Å². The van der Waals surface area contributed by atoms with Gasteiger partial charge in [0.05, 0.1) is 0 Å². The van der Waals surface area contributed by atoms with Crippen molar-refractivity contribution in [2.45, 2.75) is 39.0 Å². The second-order valence-electron chi connectivity index (χ2n) is 6.86. The molecule has 1 aliphatic carbocycles. The highest BCUT2D eigenvalue weighted by Crippen LogP contribution is 2.39. The predicted octanol–water partition coefficient (Wildman–Crippen LogP) is 5.03. The second-order valence-corrected chi connectivity index (χ2v) is 7.96. The fourth-order valence-corrected chi connectivity index (χ4v) is 5.01. The van der Waals surface area contributed by atoms with Crippen LogP contribution in [0.3, 0.4) is 0 Å². The molecule has 5 rings (SSSR count). The summed E-state index contributed by atoms with van der Waals surface area (Å²) in [7, 11) is 0. The molecule has 0 aliphatic heterocycles. The molecular formula is C21H20N3OS+. The van der Waals surface area contributed by atoms with Crippen LogP contribution < -0.4 is 9.72 Å². The van der Waals surface area contributed by atoms with Crippen molar-refractivity contribution in [3.05, 3.63) is 52.8 Å². The number of hydrogen-bond acceptors (Lipinski definition) is 4. The lowest BCUT2D eigenvalue weighted by atomic mass is 10.1. The van der Waals surface area contributed by atoms with Crippen LogP contribution in [0.5, 0.6) is 11.6 Å². The maximum atomic E-state index is 6.34. The number of ether oxygens (including phenoxy) is 1. The maximum absolute atomic E-state index is 6.34. The van der Waals surface area contributed by atoms with Crippen molar-refractivity contribution in [3.8, 4) is 11.6 Å². The summed E-state index contributed by atoms with van der Waals surface area (Å²) in [5, 5.41) is 2.23. The zero-order valence-corrected chi connectivity index (χ0v) is 15.5. The number of rotatable bonds is 2. The maximum Gasteiger partial charge on any atom is 0.346 e. The normalized spacial score (nSPS) is 14.3. The second kappa shape index (κ2) is 6.32. The molecule has 0 saturated carbocycles. The first-order valence-electron chi connectivity index (χ1n) is 9.15. The first-order valence-corrected chi connectivity index (χ1v) is 9.96. The molecule has 1 aliphatic rings. The molecule has 4 aromatic rings. The Morgan fingerprint density at radius 1 is 1.08 bits per heavy atom. The Morgan fingerprint density at radius 2 is 2.00 bits per heavy atom. The van der Waals surface area contributed by atoms with Gasteiger partial charge in [0.1, 0.15) is 10.9 Å². The number of aromatic amines is 1. The van der Waals surface area contributed by atoms with E-state index in [0.717, 1.165) is 45.4 Å². The topological polar surface area (TPSA) is 49.2 Å². The molecule has 130 valence electrons. The fourth-order valence-electron chi connectivity index (χ4n) is 3.77. The number of para-hydroxylation sites is 1. The molecule has 5 heteroatoms. The molecule has 0 amide bonds. The molecular weight excluding hydrogens is 342 g/mol. The predicted molar refractivity (Wildman–Crippen MR) is 104 cm³/mol. The van der Waals surface area contributed by atoms with Gasteiger partial charge < -0.3 is 4.74 Å². The molecule has 4 nitrogen and oxygen atoms in total. The van der Waals surface area contributed by atoms with Crippen molar-refractivity contribution >= 4 is 32.5 Å². The Bertz CT molecular complexity index is 1120. The van der Waals surface area contributed by atoms with E-state index in [1.54, 1.807) is 6.33 Å². The molecule has 0 fully saturated rings. The van der Waals surface area contributed by atoms with Crippen LogP contribution in [0.15, 0.2) is 36.7 Å². The van der Waals surface area contributed by atoms with Gasteiger partial charge in [0.15, 0.2) is 10.6 Å². The Balaban J connectivity index is 1.67. The number of pyridine rings is 1. The highest BCUT2D eigenvalue weighted by molar-refractivity contribution is 7.18. The van der Waals surface area contributed by atoms with E-state index < -0.39 is 0 Å². The van der Waals surface area contributed by atoms with Gasteiger partial charge in [-0.3, -0.25) is 0 Å². The third kappa shape index (κ3) is 2.63. The average Bonchev–Trinajstić information content (AvgIpc) is 2.85. The van der Waals surface area contributed by atoms with Gasteiger partial charge in [-0.15, -0.1) is 0 Å². The molecule has 1 aromatic carbocycles. The zero-order chi connectivity index (χ0) is 17.5. The number of H-pyrrole nitrogens is 1. The van der Waals surface area contributed by atoms with Crippen molar-refractivity contribution in [1.29, 1.82) is 0 Å². The van der Waals surface area contributed by atoms with Crippen LogP contribution in [-0.2, 0) is 12.8 Å². The Kier molecular flexibility index (Phi) is 3.82. The van der Waals surface area contributed by atoms with Crippen molar-refractivity contribution in [2.75, 3.05) is 0 Å². The summed E-state index contributed by atoms with van der Waals surface area (Å²) in [4.78, 5) is 15.2. The van der Waals surface area contributed by atoms with Gasteiger partial charge in [-0.05, 0) is 55.3 Å². The van der Waals surface area contributed by atoms with E-state index in [-0.39, 0.29) is 0 Å². The standard InChI is InChI=1S/C21H19N3OS/c1-13-10-11-14-6-5-8-16(19(14)24-13)25-20-18-15-7-3-2-4-9-17(15)26-21(18)23-12-22-20/h5-6,8,10-12H,2-4,7,9H2,1H3/p+1. The fraction of sp³-hybridized carbons (Fsp3) is 0.286. The van der Waals surface area contributed by atoms with Crippen LogP contribution in [0.2, 0.25) is 0 Å². The molecule has 0 saturated heterocycles. The number of aryl methyl sites for hydroxylation is 3. The average molecular weight is 362 g/mol. The SMILES string of the molecule is Cc1ccc2cccc(Oc3nc[nH+]c4sc5c(c34)CCCCC5)c2n1. The highest BCUT2D eigenvalue weighted by Gasteiger charge is 2.24.